The van der Waals surface area contributed by atoms with Crippen molar-refractivity contribution in [1.82, 2.24) is 10.3 Å². The molecular formula is C16H18Cl2N2S. The van der Waals surface area contributed by atoms with E-state index in [1.807, 2.05) is 12.1 Å². The van der Waals surface area contributed by atoms with Gasteiger partial charge < -0.3 is 5.32 Å². The molecule has 1 N–H and O–H groups in total. The van der Waals surface area contributed by atoms with Crippen molar-refractivity contribution in [1.29, 1.82) is 0 Å². The van der Waals surface area contributed by atoms with Gasteiger partial charge >= 0.3 is 0 Å². The summed E-state index contributed by atoms with van der Waals surface area (Å²) in [6.07, 6.45) is 4.62. The van der Waals surface area contributed by atoms with Crippen LogP contribution in [0.1, 0.15) is 42.8 Å². The summed E-state index contributed by atoms with van der Waals surface area (Å²) in [6, 6.07) is 6.07. The smallest absolute Gasteiger partial charge is 0.125 e. The van der Waals surface area contributed by atoms with E-state index in [-0.39, 0.29) is 0 Å². The maximum absolute atomic E-state index is 6.31. The van der Waals surface area contributed by atoms with Crippen LogP contribution < -0.4 is 5.32 Å². The number of nitrogens with zero attached hydrogens (tertiary/aromatic N) is 1. The van der Waals surface area contributed by atoms with Gasteiger partial charge in [-0.15, -0.1) is 11.3 Å². The minimum Gasteiger partial charge on any atom is -0.309 e. The summed E-state index contributed by atoms with van der Waals surface area (Å²) in [5.41, 5.74) is 2.22. The molecule has 0 saturated heterocycles. The van der Waals surface area contributed by atoms with Crippen molar-refractivity contribution < 1.29 is 0 Å². The number of aromatic nitrogens is 1. The van der Waals surface area contributed by atoms with E-state index in [0.717, 1.165) is 30.0 Å². The highest BCUT2D eigenvalue weighted by molar-refractivity contribution is 7.15. The van der Waals surface area contributed by atoms with E-state index in [2.05, 4.69) is 12.2 Å². The minimum atomic E-state index is 0.450. The molecule has 1 aliphatic rings. The molecule has 0 spiro atoms. The molecule has 3 rings (SSSR count). The minimum absolute atomic E-state index is 0.450. The van der Waals surface area contributed by atoms with Crippen molar-refractivity contribution in [3.63, 3.8) is 0 Å². The Hall–Kier alpha value is -0.610. The number of benzene rings is 1. The zero-order valence-electron chi connectivity index (χ0n) is 12.0. The fraction of sp³-hybridized carbons (Fsp3) is 0.438. The van der Waals surface area contributed by atoms with Gasteiger partial charge in [0.1, 0.15) is 5.01 Å². The van der Waals surface area contributed by atoms with Crippen LogP contribution in [0.25, 0.3) is 10.6 Å². The van der Waals surface area contributed by atoms with Gasteiger partial charge in [-0.1, -0.05) is 30.1 Å². The van der Waals surface area contributed by atoms with Crippen LogP contribution in [0.5, 0.6) is 0 Å². The third-order valence-electron chi connectivity index (χ3n) is 3.75. The summed E-state index contributed by atoms with van der Waals surface area (Å²) in [5, 5.41) is 5.97. The molecule has 0 radical (unpaired) electrons. The van der Waals surface area contributed by atoms with Gasteiger partial charge in [0.15, 0.2) is 0 Å². The number of aryl methyl sites for hydroxylation is 1. The molecule has 1 aromatic carbocycles. The molecule has 0 fully saturated rings. The molecule has 0 aliphatic heterocycles. The third-order valence-corrected chi connectivity index (χ3v) is 5.55. The van der Waals surface area contributed by atoms with Crippen molar-refractivity contribution in [3.05, 3.63) is 38.8 Å². The molecule has 21 heavy (non-hydrogen) atoms. The standard InChI is InChI=1S/C16H18Cl2N2S/c1-2-8-19-13-4-3-5-14-15(13)21-16(20-14)11-7-6-10(17)9-12(11)18/h6-7,9,13,19H,2-5,8H2,1H3. The topological polar surface area (TPSA) is 24.9 Å². The van der Waals surface area contributed by atoms with Gasteiger partial charge in [-0.05, 0) is 50.4 Å². The van der Waals surface area contributed by atoms with Crippen LogP contribution in [0.4, 0.5) is 0 Å². The summed E-state index contributed by atoms with van der Waals surface area (Å²) in [4.78, 5) is 6.21. The van der Waals surface area contributed by atoms with Gasteiger partial charge in [0.25, 0.3) is 0 Å². The van der Waals surface area contributed by atoms with Gasteiger partial charge in [-0.3, -0.25) is 0 Å². The first kappa shape index (κ1) is 15.3. The van der Waals surface area contributed by atoms with Crippen LogP contribution >= 0.6 is 34.5 Å². The summed E-state index contributed by atoms with van der Waals surface area (Å²) < 4.78 is 0. The lowest BCUT2D eigenvalue weighted by Gasteiger charge is -2.22. The number of halogens is 2. The average Bonchev–Trinajstić information content (AvgIpc) is 2.89. The Balaban J connectivity index is 1.94. The maximum atomic E-state index is 6.31. The first-order chi connectivity index (χ1) is 10.2. The predicted octanol–water partition coefficient (Wildman–Crippen LogP) is 5.49. The van der Waals surface area contributed by atoms with E-state index in [4.69, 9.17) is 28.2 Å². The van der Waals surface area contributed by atoms with E-state index in [0.29, 0.717) is 16.1 Å². The lowest BCUT2D eigenvalue weighted by atomic mass is 9.98. The van der Waals surface area contributed by atoms with Crippen LogP contribution in [0, 0.1) is 0 Å². The zero-order valence-corrected chi connectivity index (χ0v) is 14.3. The highest BCUT2D eigenvalue weighted by Gasteiger charge is 2.24. The van der Waals surface area contributed by atoms with Crippen molar-refractivity contribution in [2.24, 2.45) is 0 Å². The molecular weight excluding hydrogens is 323 g/mol. The number of thiazole rings is 1. The Bertz CT molecular complexity index is 639. The van der Waals surface area contributed by atoms with Gasteiger partial charge in [0, 0.05) is 21.5 Å². The highest BCUT2D eigenvalue weighted by Crippen LogP contribution is 2.40. The number of fused-ring (bicyclic) bond motifs is 1. The molecule has 1 aliphatic carbocycles. The highest BCUT2D eigenvalue weighted by atomic mass is 35.5. The molecule has 1 unspecified atom stereocenters. The van der Waals surface area contributed by atoms with Crippen molar-refractivity contribution in [2.75, 3.05) is 6.54 Å². The Morgan fingerprint density at radius 2 is 2.24 bits per heavy atom. The van der Waals surface area contributed by atoms with E-state index < -0.39 is 0 Å². The molecule has 1 aromatic heterocycles. The SMILES string of the molecule is CCCNC1CCCc2nc(-c3ccc(Cl)cc3Cl)sc21. The summed E-state index contributed by atoms with van der Waals surface area (Å²) in [7, 11) is 0. The Morgan fingerprint density at radius 3 is 3.00 bits per heavy atom. The lowest BCUT2D eigenvalue weighted by molar-refractivity contribution is 0.465. The second-order valence-corrected chi connectivity index (χ2v) is 7.23. The van der Waals surface area contributed by atoms with Gasteiger partial charge in [-0.25, -0.2) is 4.98 Å². The number of nitrogens with one attached hydrogen (secondary N) is 1. The van der Waals surface area contributed by atoms with Gasteiger partial charge in [0.2, 0.25) is 0 Å². The van der Waals surface area contributed by atoms with Crippen LogP contribution in [-0.2, 0) is 6.42 Å². The Kier molecular flexibility index (Phi) is 4.85. The zero-order chi connectivity index (χ0) is 14.8. The van der Waals surface area contributed by atoms with Crippen molar-refractivity contribution >= 4 is 34.5 Å². The van der Waals surface area contributed by atoms with E-state index in [9.17, 15) is 0 Å². The fourth-order valence-electron chi connectivity index (χ4n) is 2.71. The largest absolute Gasteiger partial charge is 0.309 e. The molecule has 2 nitrogen and oxygen atoms in total. The molecule has 1 atom stereocenters. The van der Waals surface area contributed by atoms with Crippen molar-refractivity contribution in [3.8, 4) is 10.6 Å². The number of hydrogen-bond acceptors (Lipinski definition) is 3. The fourth-order valence-corrected chi connectivity index (χ4v) is 4.53. The van der Waals surface area contributed by atoms with E-state index in [1.54, 1.807) is 17.4 Å². The van der Waals surface area contributed by atoms with E-state index in [1.165, 1.54) is 23.4 Å². The average molecular weight is 341 g/mol. The molecule has 2 aromatic rings. The second-order valence-electron chi connectivity index (χ2n) is 5.35. The lowest BCUT2D eigenvalue weighted by Crippen LogP contribution is -2.24. The molecule has 0 saturated carbocycles. The first-order valence-corrected chi connectivity index (χ1v) is 8.94. The van der Waals surface area contributed by atoms with Gasteiger partial charge in [0.05, 0.1) is 10.7 Å². The number of hydrogen-bond donors (Lipinski definition) is 1. The molecule has 0 amide bonds. The molecule has 0 bridgehead atoms. The summed E-state index contributed by atoms with van der Waals surface area (Å²) >= 11 is 14.1. The quantitative estimate of drug-likeness (QED) is 0.795. The molecule has 1 heterocycles. The first-order valence-electron chi connectivity index (χ1n) is 7.37. The van der Waals surface area contributed by atoms with Crippen LogP contribution in [0.2, 0.25) is 10.0 Å². The normalized spacial score (nSPS) is 17.8. The van der Waals surface area contributed by atoms with Gasteiger partial charge in [-0.2, -0.15) is 0 Å². The second kappa shape index (κ2) is 6.66. The molecule has 112 valence electrons. The van der Waals surface area contributed by atoms with Crippen LogP contribution in [-0.4, -0.2) is 11.5 Å². The third kappa shape index (κ3) is 3.26. The van der Waals surface area contributed by atoms with E-state index >= 15 is 0 Å². The summed E-state index contributed by atoms with van der Waals surface area (Å²) in [6.45, 7) is 3.25. The maximum Gasteiger partial charge on any atom is 0.125 e. The molecule has 5 heteroatoms. The predicted molar refractivity (Wildman–Crippen MR) is 91.5 cm³/mol. The van der Waals surface area contributed by atoms with Crippen LogP contribution in [0.15, 0.2) is 18.2 Å². The number of rotatable bonds is 4. The Labute approximate surface area is 139 Å². The van der Waals surface area contributed by atoms with Crippen LogP contribution in [0.3, 0.4) is 0 Å². The monoisotopic (exact) mass is 340 g/mol. The Morgan fingerprint density at radius 1 is 1.38 bits per heavy atom. The van der Waals surface area contributed by atoms with Crippen molar-refractivity contribution in [2.45, 2.75) is 38.6 Å². The summed E-state index contributed by atoms with van der Waals surface area (Å²) in [5.74, 6) is 0.